The van der Waals surface area contributed by atoms with Gasteiger partial charge in [-0.25, -0.2) is 0 Å². The number of likely N-dealkylation sites (tertiary alicyclic amines) is 1. The summed E-state index contributed by atoms with van der Waals surface area (Å²) in [6.07, 6.45) is 2.23. The highest BCUT2D eigenvalue weighted by molar-refractivity contribution is 4.91. The molecule has 2 heterocycles. The molecule has 4 nitrogen and oxygen atoms in total. The van der Waals surface area contributed by atoms with Crippen LogP contribution in [0.3, 0.4) is 0 Å². The molecular weight excluding hydrogens is 194 g/mol. The van der Waals surface area contributed by atoms with Crippen LogP contribution in [-0.4, -0.2) is 59.2 Å². The lowest BCUT2D eigenvalue weighted by atomic mass is 9.94. The molecule has 0 bridgehead atoms. The Balaban J connectivity index is 1.86. The number of hydrogen-bond acceptors (Lipinski definition) is 4. The van der Waals surface area contributed by atoms with Crippen LogP contribution in [0.15, 0.2) is 0 Å². The number of hydrogen-bond donors (Lipinski definition) is 2. The van der Waals surface area contributed by atoms with E-state index >= 15 is 0 Å². The van der Waals surface area contributed by atoms with Crippen LogP contribution >= 0.6 is 0 Å². The molecule has 0 aromatic carbocycles. The second kappa shape index (κ2) is 4.01. The first-order valence-electron chi connectivity index (χ1n) is 5.74. The minimum Gasteiger partial charge on any atom is -0.389 e. The summed E-state index contributed by atoms with van der Waals surface area (Å²) >= 11 is 0. The monoisotopic (exact) mass is 215 g/mol. The first-order chi connectivity index (χ1) is 6.99. The van der Waals surface area contributed by atoms with Crippen molar-refractivity contribution in [3.8, 4) is 0 Å². The van der Waals surface area contributed by atoms with Crippen molar-refractivity contribution in [1.82, 2.24) is 4.90 Å². The molecular formula is C11H21NO3. The van der Waals surface area contributed by atoms with Crippen molar-refractivity contribution in [1.29, 1.82) is 0 Å². The third-order valence-electron chi connectivity index (χ3n) is 3.47. The average molecular weight is 215 g/mol. The van der Waals surface area contributed by atoms with E-state index in [2.05, 4.69) is 4.90 Å². The molecule has 0 spiro atoms. The van der Waals surface area contributed by atoms with Gasteiger partial charge in [-0.2, -0.15) is 0 Å². The predicted molar refractivity (Wildman–Crippen MR) is 56.7 cm³/mol. The Hall–Kier alpha value is -0.160. The smallest absolute Gasteiger partial charge is 0.0817 e. The zero-order valence-corrected chi connectivity index (χ0v) is 9.41. The lowest BCUT2D eigenvalue weighted by Gasteiger charge is -2.35. The van der Waals surface area contributed by atoms with Crippen molar-refractivity contribution in [3.63, 3.8) is 0 Å². The maximum absolute atomic E-state index is 10.3. The molecule has 88 valence electrons. The van der Waals surface area contributed by atoms with E-state index in [1.807, 2.05) is 6.92 Å². The number of aliphatic hydroxyl groups is 2. The van der Waals surface area contributed by atoms with Gasteiger partial charge in [-0.05, 0) is 13.3 Å². The first kappa shape index (κ1) is 11.3. The van der Waals surface area contributed by atoms with Crippen LogP contribution in [0.5, 0.6) is 0 Å². The molecule has 0 radical (unpaired) electrons. The zero-order chi connectivity index (χ0) is 10.9. The van der Waals surface area contributed by atoms with Crippen molar-refractivity contribution in [3.05, 3.63) is 0 Å². The fourth-order valence-corrected chi connectivity index (χ4v) is 2.50. The van der Waals surface area contributed by atoms with Gasteiger partial charge in [-0.3, -0.25) is 4.90 Å². The van der Waals surface area contributed by atoms with Crippen LogP contribution in [0.25, 0.3) is 0 Å². The van der Waals surface area contributed by atoms with Crippen molar-refractivity contribution in [2.75, 3.05) is 32.8 Å². The van der Waals surface area contributed by atoms with Gasteiger partial charge in [0.05, 0.1) is 11.2 Å². The molecule has 2 aliphatic rings. The molecule has 0 aromatic rings. The van der Waals surface area contributed by atoms with Gasteiger partial charge in [-0.15, -0.1) is 0 Å². The van der Waals surface area contributed by atoms with Crippen LogP contribution in [0, 0.1) is 0 Å². The third kappa shape index (κ3) is 2.91. The van der Waals surface area contributed by atoms with Gasteiger partial charge in [0.1, 0.15) is 0 Å². The Morgan fingerprint density at radius 1 is 1.20 bits per heavy atom. The Morgan fingerprint density at radius 3 is 2.40 bits per heavy atom. The van der Waals surface area contributed by atoms with Crippen LogP contribution < -0.4 is 0 Å². The number of ether oxygens (including phenoxy) is 1. The predicted octanol–water partition coefficient (Wildman–Crippen LogP) is -0.0154. The summed E-state index contributed by atoms with van der Waals surface area (Å²) in [7, 11) is 0. The lowest BCUT2D eigenvalue weighted by molar-refractivity contribution is -0.0793. The average Bonchev–Trinajstić information content (AvgIpc) is 2.45. The topological polar surface area (TPSA) is 52.9 Å². The fourth-order valence-electron chi connectivity index (χ4n) is 2.50. The molecule has 15 heavy (non-hydrogen) atoms. The van der Waals surface area contributed by atoms with Gasteiger partial charge in [0.2, 0.25) is 0 Å². The third-order valence-corrected chi connectivity index (χ3v) is 3.47. The molecule has 1 atom stereocenters. The lowest BCUT2D eigenvalue weighted by Crippen LogP contribution is -2.47. The highest BCUT2D eigenvalue weighted by atomic mass is 16.5. The maximum Gasteiger partial charge on any atom is 0.0817 e. The van der Waals surface area contributed by atoms with Gasteiger partial charge in [0.25, 0.3) is 0 Å². The van der Waals surface area contributed by atoms with Gasteiger partial charge in [0, 0.05) is 45.7 Å². The second-order valence-corrected chi connectivity index (χ2v) is 5.29. The molecule has 0 saturated carbocycles. The SMILES string of the molecule is CC1(O)CCN(CC2(O)CCOCC2)C1. The van der Waals surface area contributed by atoms with E-state index in [0.717, 1.165) is 13.0 Å². The van der Waals surface area contributed by atoms with Crippen LogP contribution in [0.1, 0.15) is 26.2 Å². The summed E-state index contributed by atoms with van der Waals surface area (Å²) in [5.41, 5.74) is -1.17. The van der Waals surface area contributed by atoms with Gasteiger partial charge in [0.15, 0.2) is 0 Å². The summed E-state index contributed by atoms with van der Waals surface area (Å²) in [5.74, 6) is 0. The van der Waals surface area contributed by atoms with E-state index in [1.165, 1.54) is 0 Å². The largest absolute Gasteiger partial charge is 0.389 e. The van der Waals surface area contributed by atoms with Gasteiger partial charge < -0.3 is 14.9 Å². The molecule has 4 heteroatoms. The molecule has 2 rings (SSSR count). The maximum atomic E-state index is 10.3. The van der Waals surface area contributed by atoms with Crippen LogP contribution in [-0.2, 0) is 4.74 Å². The molecule has 2 saturated heterocycles. The molecule has 0 aliphatic carbocycles. The highest BCUT2D eigenvalue weighted by Gasteiger charge is 2.37. The van der Waals surface area contributed by atoms with Crippen LogP contribution in [0.4, 0.5) is 0 Å². The van der Waals surface area contributed by atoms with Crippen molar-refractivity contribution < 1.29 is 14.9 Å². The summed E-state index contributed by atoms with van der Waals surface area (Å²) in [4.78, 5) is 2.16. The van der Waals surface area contributed by atoms with Crippen molar-refractivity contribution in [2.45, 2.75) is 37.4 Å². The Labute approximate surface area is 90.8 Å². The minimum atomic E-state index is -0.599. The Bertz CT molecular complexity index is 224. The quantitative estimate of drug-likeness (QED) is 0.680. The van der Waals surface area contributed by atoms with E-state index < -0.39 is 11.2 Å². The number of rotatable bonds is 2. The minimum absolute atomic E-state index is 0.568. The fraction of sp³-hybridized carbons (Fsp3) is 1.00. The van der Waals surface area contributed by atoms with E-state index in [9.17, 15) is 10.2 Å². The standard InChI is InChI=1S/C11H21NO3/c1-10(13)2-5-12(8-10)9-11(14)3-6-15-7-4-11/h13-14H,2-9H2,1H3. The van der Waals surface area contributed by atoms with E-state index in [-0.39, 0.29) is 0 Å². The van der Waals surface area contributed by atoms with E-state index in [1.54, 1.807) is 0 Å². The molecule has 0 amide bonds. The van der Waals surface area contributed by atoms with E-state index in [0.29, 0.717) is 39.1 Å². The Kier molecular flexibility index (Phi) is 3.03. The van der Waals surface area contributed by atoms with Crippen LogP contribution in [0.2, 0.25) is 0 Å². The summed E-state index contributed by atoms with van der Waals surface area (Å²) < 4.78 is 5.24. The summed E-state index contributed by atoms with van der Waals surface area (Å²) in [6, 6.07) is 0. The molecule has 2 fully saturated rings. The Morgan fingerprint density at radius 2 is 1.87 bits per heavy atom. The highest BCUT2D eigenvalue weighted by Crippen LogP contribution is 2.26. The summed E-state index contributed by atoms with van der Waals surface area (Å²) in [5, 5.41) is 20.1. The van der Waals surface area contributed by atoms with Crippen molar-refractivity contribution >= 4 is 0 Å². The van der Waals surface area contributed by atoms with Crippen molar-refractivity contribution in [2.24, 2.45) is 0 Å². The molecule has 0 aromatic heterocycles. The normalized spacial score (nSPS) is 37.0. The zero-order valence-electron chi connectivity index (χ0n) is 9.41. The molecule has 2 aliphatic heterocycles. The van der Waals surface area contributed by atoms with E-state index in [4.69, 9.17) is 4.74 Å². The van der Waals surface area contributed by atoms with Gasteiger partial charge >= 0.3 is 0 Å². The number of nitrogens with zero attached hydrogens (tertiary/aromatic N) is 1. The first-order valence-corrected chi connectivity index (χ1v) is 5.74. The molecule has 1 unspecified atom stereocenters. The summed E-state index contributed by atoms with van der Waals surface area (Å²) in [6.45, 7) is 5.40. The number of β-amino-alcohol motifs (C(OH)–C–C–N with tert-alkyl or cyclic N) is 2. The van der Waals surface area contributed by atoms with Gasteiger partial charge in [-0.1, -0.05) is 0 Å². The second-order valence-electron chi connectivity index (χ2n) is 5.29. The molecule has 2 N–H and O–H groups in total.